The van der Waals surface area contributed by atoms with Gasteiger partial charge in [0.2, 0.25) is 0 Å². The average molecular weight is 553 g/mol. The number of rotatable bonds is 7. The Labute approximate surface area is 209 Å². The summed E-state index contributed by atoms with van der Waals surface area (Å²) in [4.78, 5) is 6.82. The molecule has 0 aliphatic carbocycles. The monoisotopic (exact) mass is 552 g/mol. The fourth-order valence-corrected chi connectivity index (χ4v) is 3.99. The van der Waals surface area contributed by atoms with Crippen molar-refractivity contribution in [2.45, 2.75) is 38.6 Å². The van der Waals surface area contributed by atoms with Crippen LogP contribution in [0, 0.1) is 6.92 Å². The van der Waals surface area contributed by atoms with E-state index >= 15 is 0 Å². The van der Waals surface area contributed by atoms with Gasteiger partial charge in [-0.1, -0.05) is 36.8 Å². The van der Waals surface area contributed by atoms with E-state index in [-0.39, 0.29) is 24.0 Å². The molecule has 0 saturated carbocycles. The van der Waals surface area contributed by atoms with Crippen molar-refractivity contribution < 1.29 is 9.47 Å². The molecule has 32 heavy (non-hydrogen) atoms. The SMILES string of the molecule is CN=C(NCC(C)c1cccc(C)c1)NC1CCN(c2cc(OC)cc(OC)c2)CC1.I. The smallest absolute Gasteiger partial charge is 0.191 e. The first-order valence-electron chi connectivity index (χ1n) is 11.0. The molecule has 1 heterocycles. The second-order valence-corrected chi connectivity index (χ2v) is 8.24. The van der Waals surface area contributed by atoms with E-state index in [2.05, 4.69) is 70.8 Å². The van der Waals surface area contributed by atoms with Gasteiger partial charge in [-0.15, -0.1) is 24.0 Å². The van der Waals surface area contributed by atoms with Crippen LogP contribution in [-0.4, -0.2) is 52.9 Å². The maximum absolute atomic E-state index is 5.42. The fraction of sp³-hybridized carbons (Fsp3) is 0.480. The third kappa shape index (κ3) is 7.18. The zero-order valence-corrected chi connectivity index (χ0v) is 22.2. The Balaban J connectivity index is 0.00000363. The highest BCUT2D eigenvalue weighted by molar-refractivity contribution is 14.0. The molecule has 1 aliphatic heterocycles. The first-order chi connectivity index (χ1) is 15.0. The Morgan fingerprint density at radius 2 is 1.75 bits per heavy atom. The molecule has 1 fully saturated rings. The van der Waals surface area contributed by atoms with Gasteiger partial charge in [0, 0.05) is 56.6 Å². The molecule has 0 spiro atoms. The van der Waals surface area contributed by atoms with Crippen molar-refractivity contribution in [3.05, 3.63) is 53.6 Å². The number of aryl methyl sites for hydroxylation is 1. The highest BCUT2D eigenvalue weighted by Crippen LogP contribution is 2.30. The molecule has 1 atom stereocenters. The highest BCUT2D eigenvalue weighted by atomic mass is 127. The molecule has 176 valence electrons. The van der Waals surface area contributed by atoms with Gasteiger partial charge >= 0.3 is 0 Å². The van der Waals surface area contributed by atoms with Crippen LogP contribution in [0.2, 0.25) is 0 Å². The topological polar surface area (TPSA) is 58.1 Å². The third-order valence-electron chi connectivity index (χ3n) is 5.95. The van der Waals surface area contributed by atoms with Crippen LogP contribution in [0.3, 0.4) is 0 Å². The minimum Gasteiger partial charge on any atom is -0.497 e. The van der Waals surface area contributed by atoms with E-state index < -0.39 is 0 Å². The number of anilines is 1. The summed E-state index contributed by atoms with van der Waals surface area (Å²) in [6.07, 6.45) is 2.10. The van der Waals surface area contributed by atoms with E-state index in [1.54, 1.807) is 14.2 Å². The van der Waals surface area contributed by atoms with E-state index in [0.29, 0.717) is 12.0 Å². The molecule has 0 bridgehead atoms. The number of hydrogen-bond donors (Lipinski definition) is 2. The molecule has 1 unspecified atom stereocenters. The van der Waals surface area contributed by atoms with E-state index in [9.17, 15) is 0 Å². The number of halogens is 1. The lowest BCUT2D eigenvalue weighted by molar-refractivity contribution is 0.393. The highest BCUT2D eigenvalue weighted by Gasteiger charge is 2.21. The van der Waals surface area contributed by atoms with Gasteiger partial charge in [0.25, 0.3) is 0 Å². The standard InChI is InChI=1S/C25H36N4O2.HI/c1-18-7-6-8-20(13-18)19(2)17-27-25(26-3)28-21-9-11-29(12-10-21)22-14-23(30-4)16-24(15-22)31-5;/h6-8,13-16,19,21H,9-12,17H2,1-5H3,(H2,26,27,28);1H. The van der Waals surface area contributed by atoms with Crippen molar-refractivity contribution in [2.24, 2.45) is 4.99 Å². The van der Waals surface area contributed by atoms with Crippen molar-refractivity contribution in [3.63, 3.8) is 0 Å². The summed E-state index contributed by atoms with van der Waals surface area (Å²) in [5.74, 6) is 2.94. The maximum Gasteiger partial charge on any atom is 0.191 e. The van der Waals surface area contributed by atoms with Crippen molar-refractivity contribution in [2.75, 3.05) is 45.8 Å². The molecule has 6 nitrogen and oxygen atoms in total. The van der Waals surface area contributed by atoms with Crippen LogP contribution in [-0.2, 0) is 0 Å². The summed E-state index contributed by atoms with van der Waals surface area (Å²) in [6.45, 7) is 7.19. The quantitative estimate of drug-likeness (QED) is 0.300. The molecular formula is C25H37IN4O2. The molecule has 2 aromatic carbocycles. The Morgan fingerprint density at radius 3 is 2.31 bits per heavy atom. The number of hydrogen-bond acceptors (Lipinski definition) is 4. The van der Waals surface area contributed by atoms with Crippen LogP contribution in [0.1, 0.15) is 36.8 Å². The number of piperidine rings is 1. The predicted molar refractivity (Wildman–Crippen MR) is 144 cm³/mol. The zero-order chi connectivity index (χ0) is 22.2. The number of ether oxygens (including phenoxy) is 2. The zero-order valence-electron chi connectivity index (χ0n) is 19.9. The second kappa shape index (κ2) is 12.8. The van der Waals surface area contributed by atoms with Gasteiger partial charge < -0.3 is 25.0 Å². The number of guanidine groups is 1. The minimum absolute atomic E-state index is 0. The van der Waals surface area contributed by atoms with Crippen LogP contribution in [0.25, 0.3) is 0 Å². The van der Waals surface area contributed by atoms with Gasteiger partial charge in [-0.05, 0) is 31.2 Å². The molecule has 3 rings (SSSR count). The van der Waals surface area contributed by atoms with Crippen molar-refractivity contribution >= 4 is 35.6 Å². The molecule has 0 aromatic heterocycles. The largest absolute Gasteiger partial charge is 0.497 e. The molecule has 2 N–H and O–H groups in total. The number of nitrogens with one attached hydrogen (secondary N) is 2. The van der Waals surface area contributed by atoms with E-state index in [0.717, 1.165) is 55.6 Å². The summed E-state index contributed by atoms with van der Waals surface area (Å²) in [6, 6.07) is 15.2. The normalized spacial score (nSPS) is 15.5. The first-order valence-corrected chi connectivity index (χ1v) is 11.0. The Kier molecular flexibility index (Phi) is 10.4. The average Bonchev–Trinajstić information content (AvgIpc) is 2.81. The van der Waals surface area contributed by atoms with E-state index in [4.69, 9.17) is 9.47 Å². The van der Waals surface area contributed by atoms with Crippen molar-refractivity contribution in [1.29, 1.82) is 0 Å². The lowest BCUT2D eigenvalue weighted by Crippen LogP contribution is -2.49. The third-order valence-corrected chi connectivity index (χ3v) is 5.95. The number of aliphatic imine (C=N–C) groups is 1. The molecule has 1 saturated heterocycles. The van der Waals surface area contributed by atoms with Crippen LogP contribution < -0.4 is 25.0 Å². The maximum atomic E-state index is 5.42. The van der Waals surface area contributed by atoms with E-state index in [1.165, 1.54) is 11.1 Å². The molecule has 1 aliphatic rings. The molecule has 2 aromatic rings. The van der Waals surface area contributed by atoms with Crippen LogP contribution in [0.5, 0.6) is 11.5 Å². The van der Waals surface area contributed by atoms with Gasteiger partial charge in [-0.25, -0.2) is 0 Å². The lowest BCUT2D eigenvalue weighted by atomic mass is 9.99. The van der Waals surface area contributed by atoms with Crippen LogP contribution >= 0.6 is 24.0 Å². The summed E-state index contributed by atoms with van der Waals surface area (Å²) >= 11 is 0. The summed E-state index contributed by atoms with van der Waals surface area (Å²) < 4.78 is 10.8. The van der Waals surface area contributed by atoms with Crippen molar-refractivity contribution in [1.82, 2.24) is 10.6 Å². The summed E-state index contributed by atoms with van der Waals surface area (Å²) in [5, 5.41) is 7.10. The molecule has 0 amide bonds. The lowest BCUT2D eigenvalue weighted by Gasteiger charge is -2.35. The summed E-state index contributed by atoms with van der Waals surface area (Å²) in [7, 11) is 5.21. The Hall–Kier alpha value is -2.16. The number of benzene rings is 2. The number of nitrogens with zero attached hydrogens (tertiary/aromatic N) is 2. The number of methoxy groups -OCH3 is 2. The molecule has 7 heteroatoms. The van der Waals surface area contributed by atoms with Gasteiger partial charge in [0.05, 0.1) is 14.2 Å². The van der Waals surface area contributed by atoms with Crippen LogP contribution in [0.15, 0.2) is 47.5 Å². The van der Waals surface area contributed by atoms with Crippen LogP contribution in [0.4, 0.5) is 5.69 Å². The summed E-state index contributed by atoms with van der Waals surface area (Å²) in [5.41, 5.74) is 3.79. The van der Waals surface area contributed by atoms with Gasteiger partial charge in [-0.2, -0.15) is 0 Å². The van der Waals surface area contributed by atoms with Gasteiger partial charge in [0.1, 0.15) is 11.5 Å². The molecule has 0 radical (unpaired) electrons. The Morgan fingerprint density at radius 1 is 1.09 bits per heavy atom. The Bertz CT molecular complexity index is 860. The predicted octanol–water partition coefficient (Wildman–Crippen LogP) is 4.57. The first kappa shape index (κ1) is 26.1. The fourth-order valence-electron chi connectivity index (χ4n) is 3.99. The van der Waals surface area contributed by atoms with Crippen molar-refractivity contribution in [3.8, 4) is 11.5 Å². The van der Waals surface area contributed by atoms with E-state index in [1.807, 2.05) is 13.1 Å². The minimum atomic E-state index is 0. The molecular weight excluding hydrogens is 515 g/mol. The second-order valence-electron chi connectivity index (χ2n) is 8.24. The van der Waals surface area contributed by atoms with Gasteiger partial charge in [0.15, 0.2) is 5.96 Å². The van der Waals surface area contributed by atoms with Gasteiger partial charge in [-0.3, -0.25) is 4.99 Å².